The molecule has 1 heterocycles. The Balaban J connectivity index is 0.000000202. The van der Waals surface area contributed by atoms with Crippen LogP contribution in [-0.2, 0) is 17.7 Å². The molecule has 36 heavy (non-hydrogen) atoms. The van der Waals surface area contributed by atoms with Gasteiger partial charge in [-0.2, -0.15) is 10.4 Å². The zero-order chi connectivity index (χ0) is 25.9. The number of benzene rings is 3. The Hall–Kier alpha value is -4.24. The summed E-state index contributed by atoms with van der Waals surface area (Å²) in [7, 11) is 0. The van der Waals surface area contributed by atoms with Crippen LogP contribution in [0, 0.1) is 11.3 Å². The third-order valence-electron chi connectivity index (χ3n) is 5.78. The van der Waals surface area contributed by atoms with E-state index in [1.165, 1.54) is 23.6 Å². The summed E-state index contributed by atoms with van der Waals surface area (Å²) in [6.45, 7) is 11.6. The second-order valence-corrected chi connectivity index (χ2v) is 8.67. The second-order valence-electron chi connectivity index (χ2n) is 8.67. The SMILES string of the molecule is C=N/N=C(\OCC(C)F)c1ccc2c(c1)C(=C)NC2.CC(Cc1ccc(C#N)cc1)c1ccccc1. The van der Waals surface area contributed by atoms with E-state index in [-0.39, 0.29) is 12.5 Å². The van der Waals surface area contributed by atoms with E-state index in [4.69, 9.17) is 10.00 Å². The van der Waals surface area contributed by atoms with E-state index in [0.29, 0.717) is 5.92 Å². The minimum Gasteiger partial charge on any atom is -0.473 e. The number of alkyl halides is 1. The van der Waals surface area contributed by atoms with Crippen LogP contribution >= 0.6 is 0 Å². The Morgan fingerprint density at radius 1 is 1.11 bits per heavy atom. The number of fused-ring (bicyclic) bond motifs is 1. The molecule has 0 radical (unpaired) electrons. The normalized spacial score (nSPS) is 13.8. The van der Waals surface area contributed by atoms with E-state index in [9.17, 15) is 4.39 Å². The maximum Gasteiger partial charge on any atom is 0.240 e. The maximum absolute atomic E-state index is 12.8. The number of rotatable bonds is 7. The molecule has 0 aliphatic carbocycles. The first-order chi connectivity index (χ1) is 17.4. The van der Waals surface area contributed by atoms with Crippen LogP contribution in [0.2, 0.25) is 0 Å². The van der Waals surface area contributed by atoms with Crippen LogP contribution in [-0.4, -0.2) is 25.4 Å². The Morgan fingerprint density at radius 2 is 1.83 bits per heavy atom. The summed E-state index contributed by atoms with van der Waals surface area (Å²) in [5.41, 5.74) is 7.14. The molecule has 0 amide bonds. The third kappa shape index (κ3) is 7.38. The molecule has 0 bridgehead atoms. The molecule has 4 rings (SSSR count). The number of ether oxygens (including phenoxy) is 1. The molecule has 1 aliphatic rings. The Kier molecular flexibility index (Phi) is 9.53. The zero-order valence-electron chi connectivity index (χ0n) is 20.7. The predicted octanol–water partition coefficient (Wildman–Crippen LogP) is 6.40. The highest BCUT2D eigenvalue weighted by molar-refractivity contribution is 5.95. The summed E-state index contributed by atoms with van der Waals surface area (Å²) in [5.74, 6) is 0.770. The topological polar surface area (TPSA) is 69.8 Å². The molecule has 5 nitrogen and oxygen atoms in total. The van der Waals surface area contributed by atoms with Gasteiger partial charge in [0, 0.05) is 30.1 Å². The van der Waals surface area contributed by atoms with Gasteiger partial charge >= 0.3 is 0 Å². The second kappa shape index (κ2) is 13.0. The van der Waals surface area contributed by atoms with Crippen molar-refractivity contribution in [2.75, 3.05) is 6.61 Å². The number of nitrogens with one attached hydrogen (secondary N) is 1. The van der Waals surface area contributed by atoms with E-state index in [1.807, 2.05) is 48.5 Å². The summed E-state index contributed by atoms with van der Waals surface area (Å²) in [5, 5.41) is 19.2. The molecular weight excluding hydrogens is 451 g/mol. The lowest BCUT2D eigenvalue weighted by Crippen LogP contribution is -2.13. The largest absolute Gasteiger partial charge is 0.473 e. The molecule has 3 aromatic rings. The first-order valence-corrected chi connectivity index (χ1v) is 11.8. The zero-order valence-corrected chi connectivity index (χ0v) is 20.7. The van der Waals surface area contributed by atoms with Gasteiger partial charge in [0.15, 0.2) is 0 Å². The molecule has 1 N–H and O–H groups in total. The lowest BCUT2D eigenvalue weighted by Gasteiger charge is -2.11. The fraction of sp³-hybridized carbons (Fsp3) is 0.233. The van der Waals surface area contributed by atoms with E-state index >= 15 is 0 Å². The first-order valence-electron chi connectivity index (χ1n) is 11.8. The van der Waals surface area contributed by atoms with Gasteiger partial charge in [0.25, 0.3) is 0 Å². The maximum atomic E-state index is 12.8. The van der Waals surface area contributed by atoms with Crippen LogP contribution in [0.5, 0.6) is 0 Å². The van der Waals surface area contributed by atoms with Crippen LogP contribution in [0.15, 0.2) is 89.6 Å². The van der Waals surface area contributed by atoms with Crippen molar-refractivity contribution >= 4 is 18.3 Å². The molecule has 0 aromatic heterocycles. The van der Waals surface area contributed by atoms with Gasteiger partial charge in [0.05, 0.1) is 11.6 Å². The molecule has 0 spiro atoms. The molecule has 0 saturated carbocycles. The summed E-state index contributed by atoms with van der Waals surface area (Å²) in [6.07, 6.45) is -0.0588. The predicted molar refractivity (Wildman–Crippen MR) is 145 cm³/mol. The van der Waals surface area contributed by atoms with Gasteiger partial charge in [-0.1, -0.05) is 62.0 Å². The van der Waals surface area contributed by atoms with Gasteiger partial charge in [-0.05, 0) is 60.2 Å². The van der Waals surface area contributed by atoms with E-state index in [0.717, 1.165) is 35.4 Å². The highest BCUT2D eigenvalue weighted by Crippen LogP contribution is 2.24. The van der Waals surface area contributed by atoms with Gasteiger partial charge in [0.1, 0.15) is 12.8 Å². The van der Waals surface area contributed by atoms with Crippen molar-refractivity contribution in [3.05, 3.63) is 113 Å². The number of nitrogens with zero attached hydrogens (tertiary/aromatic N) is 3. The molecule has 0 saturated heterocycles. The van der Waals surface area contributed by atoms with Crippen molar-refractivity contribution < 1.29 is 9.13 Å². The number of nitriles is 1. The lowest BCUT2D eigenvalue weighted by molar-refractivity contribution is 0.200. The van der Waals surface area contributed by atoms with Gasteiger partial charge in [-0.15, -0.1) is 5.10 Å². The quantitative estimate of drug-likeness (QED) is 0.241. The summed E-state index contributed by atoms with van der Waals surface area (Å²) in [6, 6.07) is 26.2. The molecule has 6 heteroatoms. The Labute approximate surface area is 212 Å². The van der Waals surface area contributed by atoms with Crippen molar-refractivity contribution in [2.24, 2.45) is 10.2 Å². The van der Waals surface area contributed by atoms with E-state index < -0.39 is 6.17 Å². The standard InChI is InChI=1S/C16H15N.C14H16FN3O/c1-13(16-5-3-2-4-6-16)11-14-7-9-15(12-17)10-8-14;1-9(15)8-19-14(18-16-3)11-4-5-12-7-17-10(2)13(12)6-11/h2-10,13H,11H2,1H3;4-6,9,17H,2-3,7-8H2,1H3/b;18-14-. The van der Waals surface area contributed by atoms with Crippen molar-refractivity contribution in [1.29, 1.82) is 5.26 Å². The third-order valence-corrected chi connectivity index (χ3v) is 5.78. The highest BCUT2D eigenvalue weighted by Gasteiger charge is 2.16. The molecule has 184 valence electrons. The van der Waals surface area contributed by atoms with Crippen molar-refractivity contribution in [1.82, 2.24) is 5.32 Å². The van der Waals surface area contributed by atoms with E-state index in [1.54, 1.807) is 0 Å². The summed E-state index contributed by atoms with van der Waals surface area (Å²) >= 11 is 0. The highest BCUT2D eigenvalue weighted by atomic mass is 19.1. The van der Waals surface area contributed by atoms with Crippen molar-refractivity contribution in [2.45, 2.75) is 38.9 Å². The number of hydrogen-bond donors (Lipinski definition) is 1. The molecule has 2 unspecified atom stereocenters. The van der Waals surface area contributed by atoms with E-state index in [2.05, 4.69) is 66.1 Å². The minimum absolute atomic E-state index is 0.0648. The molecule has 2 atom stereocenters. The first kappa shape index (κ1) is 26.4. The van der Waals surface area contributed by atoms with Gasteiger partial charge in [0.2, 0.25) is 5.90 Å². The molecule has 3 aromatic carbocycles. The number of halogens is 1. The Bertz CT molecular complexity index is 1240. The molecule has 1 aliphatic heterocycles. The summed E-state index contributed by atoms with van der Waals surface area (Å²) < 4.78 is 18.2. The average molecular weight is 483 g/mol. The van der Waals surface area contributed by atoms with Gasteiger partial charge < -0.3 is 10.1 Å². The Morgan fingerprint density at radius 3 is 2.47 bits per heavy atom. The van der Waals surface area contributed by atoms with Crippen LogP contribution in [0.3, 0.4) is 0 Å². The monoisotopic (exact) mass is 482 g/mol. The molecular formula is C30H31FN4O. The fourth-order valence-corrected chi connectivity index (χ4v) is 3.84. The summed E-state index contributed by atoms with van der Waals surface area (Å²) in [4.78, 5) is 0. The van der Waals surface area contributed by atoms with Crippen LogP contribution < -0.4 is 5.32 Å². The fourth-order valence-electron chi connectivity index (χ4n) is 3.84. The van der Waals surface area contributed by atoms with Gasteiger partial charge in [-0.3, -0.25) is 0 Å². The van der Waals surface area contributed by atoms with Crippen LogP contribution in [0.4, 0.5) is 4.39 Å². The smallest absolute Gasteiger partial charge is 0.240 e. The van der Waals surface area contributed by atoms with Crippen molar-refractivity contribution in [3.8, 4) is 6.07 Å². The van der Waals surface area contributed by atoms with Gasteiger partial charge in [-0.25, -0.2) is 4.39 Å². The van der Waals surface area contributed by atoms with Crippen LogP contribution in [0.1, 0.15) is 53.1 Å². The average Bonchev–Trinajstić information content (AvgIpc) is 3.27. The minimum atomic E-state index is -1.07. The number of hydrogen-bond acceptors (Lipinski definition) is 5. The lowest BCUT2D eigenvalue weighted by atomic mass is 9.93. The van der Waals surface area contributed by atoms with Crippen molar-refractivity contribution in [3.63, 3.8) is 0 Å². The van der Waals surface area contributed by atoms with Crippen LogP contribution in [0.25, 0.3) is 5.70 Å². The molecule has 0 fully saturated rings.